The molecule has 0 radical (unpaired) electrons. The minimum Gasteiger partial charge on any atom is -0.504 e. The first kappa shape index (κ1) is 18.4. The lowest BCUT2D eigenvalue weighted by Gasteiger charge is -2.37. The highest BCUT2D eigenvalue weighted by Crippen LogP contribution is 2.52. The minimum absolute atomic E-state index is 0.0333. The van der Waals surface area contributed by atoms with Crippen molar-refractivity contribution >= 4 is 5.97 Å². The lowest BCUT2D eigenvalue weighted by Crippen LogP contribution is -2.24. The SMILES string of the molecule is CC1CCc2cccc3c2[C@H]1Cc1ccc(OC(=O)CCCN=[N+]=[N-])c(O)c1-3. The Morgan fingerprint density at radius 1 is 1.32 bits per heavy atom. The number of carbonyl (C=O) groups excluding carboxylic acids is 1. The van der Waals surface area contributed by atoms with Crippen molar-refractivity contribution in [3.05, 3.63) is 57.5 Å². The fraction of sp³-hybridized carbons (Fsp3) is 0.409. The van der Waals surface area contributed by atoms with E-state index in [0.29, 0.717) is 18.3 Å². The molecule has 0 fully saturated rings. The van der Waals surface area contributed by atoms with Crippen LogP contribution in [0.2, 0.25) is 0 Å². The summed E-state index contributed by atoms with van der Waals surface area (Å²) in [4.78, 5) is 14.7. The fourth-order valence-electron chi connectivity index (χ4n) is 4.58. The number of aromatic hydroxyl groups is 1. The molecular formula is C22H23N3O3. The van der Waals surface area contributed by atoms with Crippen LogP contribution in [0, 0.1) is 5.92 Å². The minimum atomic E-state index is -0.444. The number of rotatable bonds is 5. The molecule has 1 N–H and O–H groups in total. The zero-order chi connectivity index (χ0) is 19.7. The highest BCUT2D eigenvalue weighted by molar-refractivity contribution is 5.84. The summed E-state index contributed by atoms with van der Waals surface area (Å²) >= 11 is 0. The molecule has 144 valence electrons. The maximum absolute atomic E-state index is 12.1. The van der Waals surface area contributed by atoms with Crippen LogP contribution >= 0.6 is 0 Å². The summed E-state index contributed by atoms with van der Waals surface area (Å²) in [5, 5.41) is 14.3. The van der Waals surface area contributed by atoms with E-state index in [1.807, 2.05) is 12.1 Å². The Morgan fingerprint density at radius 2 is 2.18 bits per heavy atom. The van der Waals surface area contributed by atoms with Gasteiger partial charge >= 0.3 is 5.97 Å². The van der Waals surface area contributed by atoms with Crippen molar-refractivity contribution in [2.75, 3.05) is 6.54 Å². The summed E-state index contributed by atoms with van der Waals surface area (Å²) in [5.41, 5.74) is 14.0. The lowest BCUT2D eigenvalue weighted by molar-refractivity contribution is -0.134. The highest BCUT2D eigenvalue weighted by atomic mass is 16.5. The predicted molar refractivity (Wildman–Crippen MR) is 106 cm³/mol. The summed E-state index contributed by atoms with van der Waals surface area (Å²) in [6.07, 6.45) is 3.70. The number of esters is 1. The maximum Gasteiger partial charge on any atom is 0.311 e. The molecule has 2 aromatic carbocycles. The van der Waals surface area contributed by atoms with Crippen LogP contribution in [0.15, 0.2) is 35.4 Å². The van der Waals surface area contributed by atoms with Crippen molar-refractivity contribution in [2.45, 2.75) is 44.9 Å². The number of carbonyl (C=O) groups is 1. The van der Waals surface area contributed by atoms with Gasteiger partial charge in [0.1, 0.15) is 0 Å². The number of nitrogens with zero attached hydrogens (tertiary/aromatic N) is 3. The van der Waals surface area contributed by atoms with E-state index < -0.39 is 5.97 Å². The van der Waals surface area contributed by atoms with E-state index in [0.717, 1.165) is 29.5 Å². The van der Waals surface area contributed by atoms with Gasteiger partial charge in [-0.2, -0.15) is 0 Å². The Labute approximate surface area is 163 Å². The Hall–Kier alpha value is -2.98. The zero-order valence-corrected chi connectivity index (χ0v) is 15.9. The van der Waals surface area contributed by atoms with E-state index in [1.54, 1.807) is 6.07 Å². The average Bonchev–Trinajstić information content (AvgIpc) is 2.70. The molecule has 2 aliphatic rings. The fourth-order valence-corrected chi connectivity index (χ4v) is 4.58. The largest absolute Gasteiger partial charge is 0.504 e. The molecule has 0 saturated carbocycles. The van der Waals surface area contributed by atoms with Gasteiger partial charge in [0, 0.05) is 23.4 Å². The normalized spacial score (nSPS) is 19.2. The van der Waals surface area contributed by atoms with Gasteiger partial charge in [0.15, 0.2) is 11.5 Å². The maximum atomic E-state index is 12.1. The Bertz CT molecular complexity index is 979. The number of fused-ring (bicyclic) bond motifs is 2. The molecule has 4 rings (SSSR count). The van der Waals surface area contributed by atoms with Crippen LogP contribution in [0.5, 0.6) is 11.5 Å². The van der Waals surface area contributed by atoms with Crippen LogP contribution < -0.4 is 4.74 Å². The number of aryl methyl sites for hydroxylation is 1. The number of azide groups is 1. The van der Waals surface area contributed by atoms with Crippen molar-refractivity contribution in [1.29, 1.82) is 0 Å². The molecular weight excluding hydrogens is 354 g/mol. The number of phenols is 1. The second kappa shape index (κ2) is 7.56. The molecule has 28 heavy (non-hydrogen) atoms. The first-order valence-electron chi connectivity index (χ1n) is 9.78. The molecule has 0 heterocycles. The van der Waals surface area contributed by atoms with Crippen molar-refractivity contribution < 1.29 is 14.6 Å². The molecule has 0 saturated heterocycles. The van der Waals surface area contributed by atoms with E-state index in [9.17, 15) is 9.90 Å². The topological polar surface area (TPSA) is 95.3 Å². The van der Waals surface area contributed by atoms with Crippen molar-refractivity contribution in [3.8, 4) is 22.6 Å². The summed E-state index contributed by atoms with van der Waals surface area (Å²) in [6.45, 7) is 2.55. The van der Waals surface area contributed by atoms with Gasteiger partial charge < -0.3 is 9.84 Å². The van der Waals surface area contributed by atoms with E-state index >= 15 is 0 Å². The number of ether oxygens (including phenoxy) is 1. The molecule has 0 spiro atoms. The van der Waals surface area contributed by atoms with Crippen molar-refractivity contribution in [2.24, 2.45) is 11.0 Å². The van der Waals surface area contributed by atoms with Crippen LogP contribution in [-0.2, 0) is 17.6 Å². The quantitative estimate of drug-likeness (QED) is 0.192. The second-order valence-corrected chi connectivity index (χ2v) is 7.68. The molecule has 0 aliphatic heterocycles. The van der Waals surface area contributed by atoms with E-state index in [1.165, 1.54) is 17.5 Å². The van der Waals surface area contributed by atoms with E-state index in [-0.39, 0.29) is 24.5 Å². The third-order valence-electron chi connectivity index (χ3n) is 5.99. The number of hydrogen-bond donors (Lipinski definition) is 1. The summed E-state index contributed by atoms with van der Waals surface area (Å²) in [5.74, 6) is 0.859. The van der Waals surface area contributed by atoms with E-state index in [4.69, 9.17) is 10.3 Å². The van der Waals surface area contributed by atoms with Crippen molar-refractivity contribution in [3.63, 3.8) is 0 Å². The van der Waals surface area contributed by atoms with Gasteiger partial charge in [0.25, 0.3) is 0 Å². The third-order valence-corrected chi connectivity index (χ3v) is 5.99. The first-order chi connectivity index (χ1) is 13.6. The van der Waals surface area contributed by atoms with E-state index in [2.05, 4.69) is 29.1 Å². The van der Waals surface area contributed by atoms with Crippen molar-refractivity contribution in [1.82, 2.24) is 0 Å². The molecule has 2 aliphatic carbocycles. The van der Waals surface area contributed by atoms with Gasteiger partial charge in [0.2, 0.25) is 0 Å². The summed E-state index contributed by atoms with van der Waals surface area (Å²) in [6, 6.07) is 9.95. The van der Waals surface area contributed by atoms with Gasteiger partial charge in [-0.25, -0.2) is 0 Å². The molecule has 6 nitrogen and oxygen atoms in total. The van der Waals surface area contributed by atoms with Crippen LogP contribution in [0.1, 0.15) is 48.8 Å². The van der Waals surface area contributed by atoms with Crippen LogP contribution in [0.3, 0.4) is 0 Å². The highest BCUT2D eigenvalue weighted by Gasteiger charge is 2.35. The standard InChI is InChI=1S/C22H23N3O3/c1-13-7-8-14-4-2-5-16-20(14)17(13)12-15-9-10-18(22(27)21(15)16)28-19(26)6-3-11-24-25-23/h2,4-5,9-10,13,17,27H,3,6-8,11-12H2,1H3/t13?,17-/m0/s1. The molecule has 0 bridgehead atoms. The number of phenolic OH excluding ortho intramolecular Hbond substituents is 1. The Kier molecular flexibility index (Phi) is 4.97. The van der Waals surface area contributed by atoms with Crippen LogP contribution in [0.25, 0.3) is 21.6 Å². The Balaban J connectivity index is 1.66. The number of benzene rings is 2. The van der Waals surface area contributed by atoms with Gasteiger partial charge in [-0.1, -0.05) is 36.3 Å². The van der Waals surface area contributed by atoms with Gasteiger partial charge in [-0.05, 0) is 71.4 Å². The summed E-state index contributed by atoms with van der Waals surface area (Å²) in [7, 11) is 0. The van der Waals surface area contributed by atoms with Crippen LogP contribution in [-0.4, -0.2) is 17.6 Å². The Morgan fingerprint density at radius 3 is 3.00 bits per heavy atom. The molecule has 6 heteroatoms. The second-order valence-electron chi connectivity index (χ2n) is 7.68. The number of hydrogen-bond acceptors (Lipinski definition) is 4. The third kappa shape index (κ3) is 3.20. The molecule has 2 atom stereocenters. The smallest absolute Gasteiger partial charge is 0.311 e. The monoisotopic (exact) mass is 377 g/mol. The predicted octanol–water partition coefficient (Wildman–Crippen LogP) is 5.28. The lowest BCUT2D eigenvalue weighted by atomic mass is 9.67. The molecule has 1 unspecified atom stereocenters. The molecule has 0 aromatic heterocycles. The van der Waals surface area contributed by atoms with Gasteiger partial charge in [0.05, 0.1) is 0 Å². The zero-order valence-electron chi connectivity index (χ0n) is 15.9. The van der Waals surface area contributed by atoms with Gasteiger partial charge in [-0.15, -0.1) is 0 Å². The summed E-state index contributed by atoms with van der Waals surface area (Å²) < 4.78 is 5.40. The molecule has 0 amide bonds. The van der Waals surface area contributed by atoms with Gasteiger partial charge in [-0.3, -0.25) is 4.79 Å². The van der Waals surface area contributed by atoms with Crippen LogP contribution in [0.4, 0.5) is 0 Å². The average molecular weight is 377 g/mol. The molecule has 2 aromatic rings. The first-order valence-corrected chi connectivity index (χ1v) is 9.78.